The second kappa shape index (κ2) is 38.5. The predicted molar refractivity (Wildman–Crippen MR) is 322 cm³/mol. The number of aliphatic carboxylic acids is 1. The van der Waals surface area contributed by atoms with Crippen molar-refractivity contribution in [3.63, 3.8) is 0 Å². The molecule has 1 aliphatic rings. The summed E-state index contributed by atoms with van der Waals surface area (Å²) in [6.45, 7) is 10.4. The van der Waals surface area contributed by atoms with Crippen molar-refractivity contribution in [3.8, 4) is 0 Å². The molecule has 0 saturated carbocycles. The lowest BCUT2D eigenvalue weighted by Gasteiger charge is -2.29. The number of nitrogens with two attached hydrogens (primary N) is 4. The van der Waals surface area contributed by atoms with Gasteiger partial charge in [-0.3, -0.25) is 57.7 Å². The standard InChI is InChI=1S/C54H87N15O15S2/c1-8-22-86-27-37(47(77)67-43(31(6)71)51(81)68-42(30(5)70)50(80)64-36(53(83)84)25-39(56)72)65-49(79)41(28(3)9-2)66-40(73)26-60-44(74)34(19-23-85-7)62-45(75)33(17-13-20-59-54(57)58)61-46(76)35(24-32-15-11-10-12-16-32)63-48(78)38-18-14-21-69(38)52(82)29(4)55/h8,10-12,15-16,28-31,33-38,41-43,70-71H,1,9,13-14,17-27,55H2,2-7H3,(H2,56,72)(H,60,74)(H,61,76)(H,62,75)(H,63,78)(H,64,80)(H,65,79)(H,66,73)(H,67,77)(H,68,81)(H,83,84)(H4,57,58,59). The van der Waals surface area contributed by atoms with Gasteiger partial charge in [0, 0.05) is 31.0 Å². The summed E-state index contributed by atoms with van der Waals surface area (Å²) in [4.78, 5) is 166. The number of carboxylic acids is 1. The molecular weight excluding hydrogens is 1160 g/mol. The van der Waals surface area contributed by atoms with E-state index in [0.717, 1.165) is 25.6 Å². The number of thioether (sulfide) groups is 2. The third kappa shape index (κ3) is 26.0. The number of carbonyl (C=O) groups is 12. The van der Waals surface area contributed by atoms with E-state index in [1.54, 1.807) is 50.4 Å². The highest BCUT2D eigenvalue weighted by molar-refractivity contribution is 7.99. The molecule has 1 fully saturated rings. The molecule has 0 aliphatic carbocycles. The van der Waals surface area contributed by atoms with Crippen molar-refractivity contribution >= 4 is 100 Å². The molecule has 13 unspecified atom stereocenters. The van der Waals surface area contributed by atoms with E-state index in [1.165, 1.54) is 29.7 Å². The number of carboxylic acid groups (broad SMARTS) is 1. The number of likely N-dealkylation sites (tertiary alicyclic amines) is 1. The number of hydrogen-bond acceptors (Lipinski definition) is 18. The summed E-state index contributed by atoms with van der Waals surface area (Å²) < 4.78 is 0. The van der Waals surface area contributed by atoms with Crippen molar-refractivity contribution in [1.82, 2.24) is 52.8 Å². The number of nitrogens with one attached hydrogen (secondary N) is 9. The lowest BCUT2D eigenvalue weighted by molar-refractivity contribution is -0.144. The summed E-state index contributed by atoms with van der Waals surface area (Å²) in [5.74, 6) is -11.7. The van der Waals surface area contributed by atoms with Crippen LogP contribution in [0.2, 0.25) is 0 Å². The normalized spacial score (nSPS) is 17.0. The van der Waals surface area contributed by atoms with Crippen LogP contribution in [-0.4, -0.2) is 213 Å². The summed E-state index contributed by atoms with van der Waals surface area (Å²) in [6, 6.07) is -5.19. The van der Waals surface area contributed by atoms with E-state index >= 15 is 0 Å². The quantitative estimate of drug-likeness (QED) is 0.0127. The molecule has 1 aromatic rings. The number of nitrogens with zero attached hydrogens (tertiary/aromatic N) is 2. The summed E-state index contributed by atoms with van der Waals surface area (Å²) in [7, 11) is 0. The number of rotatable bonds is 39. The Morgan fingerprint density at radius 3 is 1.81 bits per heavy atom. The maximum absolute atomic E-state index is 14.3. The van der Waals surface area contributed by atoms with Gasteiger partial charge >= 0.3 is 5.97 Å². The van der Waals surface area contributed by atoms with Crippen LogP contribution in [0.3, 0.4) is 0 Å². The zero-order valence-electron chi connectivity index (χ0n) is 49.3. The average molecular weight is 1250 g/mol. The van der Waals surface area contributed by atoms with E-state index in [-0.39, 0.29) is 49.7 Å². The van der Waals surface area contributed by atoms with Gasteiger partial charge in [-0.25, -0.2) is 4.79 Å². The van der Waals surface area contributed by atoms with Crippen LogP contribution in [0.5, 0.6) is 0 Å². The lowest BCUT2D eigenvalue weighted by Crippen LogP contribution is -2.63. The fraction of sp³-hybridized carbons (Fsp3) is 0.611. The van der Waals surface area contributed by atoms with E-state index in [9.17, 15) is 72.9 Å². The molecule has 0 bridgehead atoms. The highest BCUT2D eigenvalue weighted by atomic mass is 32.2. The van der Waals surface area contributed by atoms with E-state index in [0.29, 0.717) is 37.1 Å². The van der Waals surface area contributed by atoms with Crippen LogP contribution in [0.4, 0.5) is 0 Å². The second-order valence-corrected chi connectivity index (χ2v) is 22.7. The number of amides is 11. The zero-order valence-corrected chi connectivity index (χ0v) is 51.0. The molecule has 2 rings (SSSR count). The summed E-state index contributed by atoms with van der Waals surface area (Å²) in [5.41, 5.74) is 22.7. The number of benzene rings is 1. The van der Waals surface area contributed by atoms with Crippen LogP contribution >= 0.6 is 23.5 Å². The number of carbonyl (C=O) groups excluding carboxylic acids is 11. The van der Waals surface area contributed by atoms with Gasteiger partial charge in [-0.2, -0.15) is 23.5 Å². The average Bonchev–Trinajstić information content (AvgIpc) is 3.40. The van der Waals surface area contributed by atoms with Crippen molar-refractivity contribution in [1.29, 1.82) is 0 Å². The molecule has 480 valence electrons. The number of guanidine groups is 1. The second-order valence-electron chi connectivity index (χ2n) is 20.6. The first-order valence-corrected chi connectivity index (χ1v) is 30.5. The SMILES string of the molecule is C=CCSCC(NC(=O)C(NC(=O)CNC(=O)C(CCSC)NC(=O)C(CCCN=C(N)N)NC(=O)C(Cc1ccccc1)NC(=O)C1CCCN1C(=O)C(C)N)C(C)CC)C(=O)NC(C(=O)NC(C(=O)NC(CC(N)=O)C(=O)O)C(C)O)C(C)O. The fourth-order valence-electron chi connectivity index (χ4n) is 8.61. The summed E-state index contributed by atoms with van der Waals surface area (Å²) in [6.07, 6.45) is 0.431. The highest BCUT2D eigenvalue weighted by Gasteiger charge is 2.39. The third-order valence-corrected chi connectivity index (χ3v) is 15.2. The minimum absolute atomic E-state index is 0.00854. The minimum atomic E-state index is -1.87. The molecule has 32 heteroatoms. The first-order chi connectivity index (χ1) is 40.6. The maximum atomic E-state index is 14.3. The van der Waals surface area contributed by atoms with Crippen LogP contribution in [0.1, 0.15) is 85.1 Å². The Balaban J connectivity index is 2.35. The van der Waals surface area contributed by atoms with E-state index in [4.69, 9.17) is 22.9 Å². The largest absolute Gasteiger partial charge is 0.480 e. The van der Waals surface area contributed by atoms with Gasteiger partial charge in [0.15, 0.2) is 5.96 Å². The van der Waals surface area contributed by atoms with Crippen LogP contribution in [0.25, 0.3) is 0 Å². The van der Waals surface area contributed by atoms with E-state index < -0.39 is 162 Å². The minimum Gasteiger partial charge on any atom is -0.480 e. The Morgan fingerprint density at radius 1 is 0.721 bits per heavy atom. The number of aliphatic hydroxyl groups is 2. The Morgan fingerprint density at radius 2 is 1.27 bits per heavy atom. The molecule has 30 nitrogen and oxygen atoms in total. The molecule has 1 aliphatic heterocycles. The monoisotopic (exact) mass is 1250 g/mol. The Hall–Kier alpha value is -7.55. The van der Waals surface area contributed by atoms with Crippen LogP contribution in [0, 0.1) is 5.92 Å². The van der Waals surface area contributed by atoms with Gasteiger partial charge in [0.25, 0.3) is 0 Å². The Labute approximate surface area is 508 Å². The number of aliphatic imine (C=N–C) groups is 1. The van der Waals surface area contributed by atoms with E-state index in [1.807, 2.05) is 5.32 Å². The molecule has 11 amide bonds. The molecule has 86 heavy (non-hydrogen) atoms. The molecule has 0 radical (unpaired) electrons. The molecule has 13 atom stereocenters. The van der Waals surface area contributed by atoms with Crippen molar-refractivity contribution in [2.24, 2.45) is 33.8 Å². The third-order valence-electron chi connectivity index (χ3n) is 13.5. The number of hydrogen-bond donors (Lipinski definition) is 16. The molecule has 0 aromatic heterocycles. The van der Waals surface area contributed by atoms with Crippen molar-refractivity contribution in [2.75, 3.05) is 43.1 Å². The number of aliphatic hydroxyl groups excluding tert-OH is 2. The van der Waals surface area contributed by atoms with Crippen LogP contribution in [-0.2, 0) is 64.0 Å². The van der Waals surface area contributed by atoms with Gasteiger partial charge < -0.3 is 91.0 Å². The topological polar surface area (TPSA) is 493 Å². The molecule has 1 aromatic carbocycles. The van der Waals surface area contributed by atoms with Gasteiger partial charge in [-0.1, -0.05) is 56.7 Å². The smallest absolute Gasteiger partial charge is 0.326 e. The van der Waals surface area contributed by atoms with Crippen LogP contribution < -0.4 is 70.8 Å². The van der Waals surface area contributed by atoms with Gasteiger partial charge in [-0.15, -0.1) is 6.58 Å². The zero-order chi connectivity index (χ0) is 64.8. The molecule has 0 spiro atoms. The van der Waals surface area contributed by atoms with Crippen molar-refractivity contribution in [3.05, 3.63) is 48.6 Å². The Kier molecular flexibility index (Phi) is 33.4. The van der Waals surface area contributed by atoms with Crippen molar-refractivity contribution in [2.45, 2.75) is 159 Å². The summed E-state index contributed by atoms with van der Waals surface area (Å²) >= 11 is 2.49. The molecule has 1 heterocycles. The fourth-order valence-corrected chi connectivity index (χ4v) is 9.86. The van der Waals surface area contributed by atoms with Crippen LogP contribution in [0.15, 0.2) is 48.0 Å². The van der Waals surface area contributed by atoms with Crippen molar-refractivity contribution < 1.29 is 72.9 Å². The van der Waals surface area contributed by atoms with E-state index in [2.05, 4.69) is 54.1 Å². The van der Waals surface area contributed by atoms with Gasteiger partial charge in [0.2, 0.25) is 65.0 Å². The number of primary amides is 1. The predicted octanol–water partition coefficient (Wildman–Crippen LogP) is -4.94. The highest BCUT2D eigenvalue weighted by Crippen LogP contribution is 2.19. The molecule has 1 saturated heterocycles. The molecule has 20 N–H and O–H groups in total. The van der Waals surface area contributed by atoms with Gasteiger partial charge in [0.1, 0.15) is 54.4 Å². The maximum Gasteiger partial charge on any atom is 0.326 e. The van der Waals surface area contributed by atoms with Gasteiger partial charge in [-0.05, 0) is 76.4 Å². The Bertz CT molecular complexity index is 2530. The molecular formula is C54H87N15O15S2. The lowest BCUT2D eigenvalue weighted by atomic mass is 9.98. The summed E-state index contributed by atoms with van der Waals surface area (Å²) in [5, 5.41) is 52.8. The van der Waals surface area contributed by atoms with Gasteiger partial charge in [0.05, 0.1) is 31.2 Å². The first-order valence-electron chi connectivity index (χ1n) is 28.0. The first kappa shape index (κ1) is 74.6.